The summed E-state index contributed by atoms with van der Waals surface area (Å²) in [6, 6.07) is 5.82. The first-order valence-corrected chi connectivity index (χ1v) is 11.3. The minimum atomic E-state index is -3.67. The molecule has 8 heteroatoms. The van der Waals surface area contributed by atoms with Crippen LogP contribution in [0.5, 0.6) is 0 Å². The van der Waals surface area contributed by atoms with Crippen LogP contribution in [0.1, 0.15) is 56.8 Å². The van der Waals surface area contributed by atoms with E-state index in [0.717, 1.165) is 19.3 Å². The van der Waals surface area contributed by atoms with Crippen molar-refractivity contribution in [2.45, 2.75) is 57.4 Å². The summed E-state index contributed by atoms with van der Waals surface area (Å²) in [5.41, 5.74) is 0.104. The molecule has 0 aromatic heterocycles. The molecule has 0 heterocycles. The van der Waals surface area contributed by atoms with Gasteiger partial charge in [-0.3, -0.25) is 4.79 Å². The summed E-state index contributed by atoms with van der Waals surface area (Å²) in [5, 5.41) is 2.92. The minimum Gasteiger partial charge on any atom is -0.452 e. The van der Waals surface area contributed by atoms with E-state index in [0.29, 0.717) is 19.0 Å². The zero-order chi connectivity index (χ0) is 20.7. The smallest absolute Gasteiger partial charge is 0.338 e. The van der Waals surface area contributed by atoms with E-state index in [2.05, 4.69) is 12.2 Å². The first kappa shape index (κ1) is 22.4. The van der Waals surface area contributed by atoms with Crippen LogP contribution in [-0.2, 0) is 19.6 Å². The number of carbonyl (C=O) groups is 2. The number of hydrogen-bond acceptors (Lipinski definition) is 5. The van der Waals surface area contributed by atoms with Crippen LogP contribution in [0.2, 0.25) is 0 Å². The van der Waals surface area contributed by atoms with E-state index in [9.17, 15) is 18.0 Å². The van der Waals surface area contributed by atoms with Crippen molar-refractivity contribution < 1.29 is 22.7 Å². The number of benzene rings is 1. The second kappa shape index (κ2) is 10.0. The van der Waals surface area contributed by atoms with Gasteiger partial charge in [-0.15, -0.1) is 0 Å². The molecule has 0 unspecified atom stereocenters. The lowest BCUT2D eigenvalue weighted by Crippen LogP contribution is -2.42. The third kappa shape index (κ3) is 5.54. The molecule has 0 radical (unpaired) electrons. The van der Waals surface area contributed by atoms with Gasteiger partial charge in [0.2, 0.25) is 10.0 Å². The molecule has 1 aromatic rings. The molecule has 156 valence electrons. The molecular weight excluding hydrogens is 380 g/mol. The zero-order valence-electron chi connectivity index (χ0n) is 16.8. The van der Waals surface area contributed by atoms with E-state index in [4.69, 9.17) is 4.74 Å². The van der Waals surface area contributed by atoms with Crippen LogP contribution in [0.15, 0.2) is 29.2 Å². The van der Waals surface area contributed by atoms with Crippen molar-refractivity contribution in [3.63, 3.8) is 0 Å². The predicted octanol–water partition coefficient (Wildman–Crippen LogP) is 2.57. The molecule has 7 nitrogen and oxygen atoms in total. The van der Waals surface area contributed by atoms with Crippen LogP contribution in [0.3, 0.4) is 0 Å². The number of sulfonamides is 1. The number of nitrogens with zero attached hydrogens (tertiary/aromatic N) is 1. The highest BCUT2D eigenvalue weighted by atomic mass is 32.2. The summed E-state index contributed by atoms with van der Waals surface area (Å²) in [5.74, 6) is -0.641. The predicted molar refractivity (Wildman–Crippen MR) is 106 cm³/mol. The Kier molecular flexibility index (Phi) is 8.00. The number of rotatable bonds is 8. The van der Waals surface area contributed by atoms with Gasteiger partial charge in [0.05, 0.1) is 10.5 Å². The first-order valence-electron chi connectivity index (χ1n) is 9.86. The van der Waals surface area contributed by atoms with Gasteiger partial charge in [0.25, 0.3) is 5.91 Å². The van der Waals surface area contributed by atoms with Gasteiger partial charge in [-0.1, -0.05) is 39.7 Å². The van der Waals surface area contributed by atoms with Crippen LogP contribution in [0.25, 0.3) is 0 Å². The fourth-order valence-electron chi connectivity index (χ4n) is 3.49. The summed E-state index contributed by atoms with van der Waals surface area (Å²) in [6.45, 7) is 5.92. The molecule has 1 saturated carbocycles. The number of ether oxygens (including phenoxy) is 1. The molecule has 2 atom stereocenters. The average molecular weight is 411 g/mol. The van der Waals surface area contributed by atoms with Crippen LogP contribution >= 0.6 is 0 Å². The van der Waals surface area contributed by atoms with Crippen molar-refractivity contribution in [3.05, 3.63) is 29.8 Å². The van der Waals surface area contributed by atoms with E-state index < -0.39 is 16.0 Å². The number of nitrogens with one attached hydrogen (secondary N) is 1. The maximum atomic E-state index is 12.6. The van der Waals surface area contributed by atoms with Gasteiger partial charge in [-0.05, 0) is 37.0 Å². The van der Waals surface area contributed by atoms with Gasteiger partial charge < -0.3 is 10.1 Å². The summed E-state index contributed by atoms with van der Waals surface area (Å²) in [7, 11) is -3.67. The topological polar surface area (TPSA) is 92.8 Å². The lowest BCUT2D eigenvalue weighted by Gasteiger charge is -2.29. The van der Waals surface area contributed by atoms with E-state index in [1.54, 1.807) is 13.8 Å². The van der Waals surface area contributed by atoms with Gasteiger partial charge in [-0.2, -0.15) is 4.31 Å². The molecule has 1 aromatic carbocycles. The molecule has 2 rings (SSSR count). The van der Waals surface area contributed by atoms with Crippen molar-refractivity contribution in [1.82, 2.24) is 9.62 Å². The molecule has 0 spiro atoms. The maximum Gasteiger partial charge on any atom is 0.338 e. The Morgan fingerprint density at radius 1 is 1.18 bits per heavy atom. The van der Waals surface area contributed by atoms with Crippen LogP contribution in [0.4, 0.5) is 0 Å². The van der Waals surface area contributed by atoms with Gasteiger partial charge >= 0.3 is 5.97 Å². The molecule has 0 aliphatic heterocycles. The first-order chi connectivity index (χ1) is 13.3. The standard InChI is InChI=1S/C20H30N2O5S/c1-4-22(5-2)28(25,26)17-11-8-10-16(13-17)20(24)27-14-19(23)21-18-12-7-6-9-15(18)3/h8,10-11,13,15,18H,4-7,9,12,14H2,1-3H3,(H,21,23)/t15-,18-/m1/s1. The highest BCUT2D eigenvalue weighted by Crippen LogP contribution is 2.23. The van der Waals surface area contributed by atoms with Gasteiger partial charge in [0.15, 0.2) is 6.61 Å². The second-order valence-electron chi connectivity index (χ2n) is 7.13. The highest BCUT2D eigenvalue weighted by Gasteiger charge is 2.24. The molecule has 1 fully saturated rings. The van der Waals surface area contributed by atoms with Crippen molar-refractivity contribution in [2.24, 2.45) is 5.92 Å². The van der Waals surface area contributed by atoms with Gasteiger partial charge in [-0.25, -0.2) is 13.2 Å². The normalized spacial score (nSPS) is 20.0. The van der Waals surface area contributed by atoms with E-state index in [1.165, 1.54) is 35.0 Å². The lowest BCUT2D eigenvalue weighted by molar-refractivity contribution is -0.125. The Balaban J connectivity index is 1.98. The zero-order valence-corrected chi connectivity index (χ0v) is 17.6. The number of amides is 1. The third-order valence-electron chi connectivity index (χ3n) is 5.21. The van der Waals surface area contributed by atoms with E-state index >= 15 is 0 Å². The number of esters is 1. The SMILES string of the molecule is CCN(CC)S(=O)(=O)c1cccc(C(=O)OCC(=O)N[C@@H]2CCCC[C@H]2C)c1. The fraction of sp³-hybridized carbons (Fsp3) is 0.600. The molecule has 0 saturated heterocycles. The van der Waals surface area contributed by atoms with Crippen molar-refractivity contribution in [1.29, 1.82) is 0 Å². The molecular formula is C20H30N2O5S. The lowest BCUT2D eigenvalue weighted by atomic mass is 9.86. The van der Waals surface area contributed by atoms with Crippen molar-refractivity contribution in [2.75, 3.05) is 19.7 Å². The van der Waals surface area contributed by atoms with Gasteiger partial charge in [0, 0.05) is 19.1 Å². The van der Waals surface area contributed by atoms with Gasteiger partial charge in [0.1, 0.15) is 0 Å². The van der Waals surface area contributed by atoms with Crippen LogP contribution < -0.4 is 5.32 Å². The van der Waals surface area contributed by atoms with E-state index in [1.807, 2.05) is 0 Å². The average Bonchev–Trinajstić information content (AvgIpc) is 2.68. The summed E-state index contributed by atoms with van der Waals surface area (Å²) < 4.78 is 31.6. The summed E-state index contributed by atoms with van der Waals surface area (Å²) >= 11 is 0. The summed E-state index contributed by atoms with van der Waals surface area (Å²) in [4.78, 5) is 24.4. The minimum absolute atomic E-state index is 0.0335. The Bertz CT molecular complexity index is 790. The molecule has 1 aliphatic carbocycles. The Morgan fingerprint density at radius 3 is 2.50 bits per heavy atom. The molecule has 1 aliphatic rings. The monoisotopic (exact) mass is 410 g/mol. The molecule has 1 N–H and O–H groups in total. The largest absolute Gasteiger partial charge is 0.452 e. The maximum absolute atomic E-state index is 12.6. The molecule has 0 bridgehead atoms. The van der Waals surface area contributed by atoms with Crippen LogP contribution in [-0.4, -0.2) is 50.3 Å². The number of carbonyl (C=O) groups excluding carboxylic acids is 2. The molecule has 1 amide bonds. The highest BCUT2D eigenvalue weighted by molar-refractivity contribution is 7.89. The molecule has 28 heavy (non-hydrogen) atoms. The van der Waals surface area contributed by atoms with E-state index in [-0.39, 0.29) is 29.0 Å². The van der Waals surface area contributed by atoms with Crippen LogP contribution in [0, 0.1) is 5.92 Å². The fourth-order valence-corrected chi connectivity index (χ4v) is 4.99. The third-order valence-corrected chi connectivity index (χ3v) is 7.25. The second-order valence-corrected chi connectivity index (χ2v) is 9.07. The van der Waals surface area contributed by atoms with Crippen molar-refractivity contribution >= 4 is 21.9 Å². The Hall–Kier alpha value is -1.93. The Labute approximate surface area is 167 Å². The van der Waals surface area contributed by atoms with Crippen molar-refractivity contribution in [3.8, 4) is 0 Å². The Morgan fingerprint density at radius 2 is 1.86 bits per heavy atom. The quantitative estimate of drug-likeness (QED) is 0.665. The summed E-state index contributed by atoms with van der Waals surface area (Å²) in [6.07, 6.45) is 4.28. The number of hydrogen-bond donors (Lipinski definition) is 1.